The summed E-state index contributed by atoms with van der Waals surface area (Å²) in [7, 11) is 0. The van der Waals surface area contributed by atoms with Crippen molar-refractivity contribution < 1.29 is 19.1 Å². The highest BCUT2D eigenvalue weighted by Gasteiger charge is 2.26. The first kappa shape index (κ1) is 32.9. The summed E-state index contributed by atoms with van der Waals surface area (Å²) in [5, 5.41) is 0. The van der Waals surface area contributed by atoms with E-state index in [9.17, 15) is 9.59 Å². The van der Waals surface area contributed by atoms with E-state index in [0.29, 0.717) is 37.4 Å². The smallest absolute Gasteiger partial charge is 0.309 e. The lowest BCUT2D eigenvalue weighted by atomic mass is 9.84. The van der Waals surface area contributed by atoms with E-state index >= 15 is 0 Å². The molecule has 0 fully saturated rings. The van der Waals surface area contributed by atoms with E-state index in [-0.39, 0.29) is 17.9 Å². The molecule has 0 aliphatic rings. The number of hydrogen-bond acceptors (Lipinski definition) is 4. The molecule has 0 spiro atoms. The lowest BCUT2D eigenvalue weighted by molar-refractivity contribution is -0.152. The molecule has 202 valence electrons. The molecule has 0 saturated carbocycles. The van der Waals surface area contributed by atoms with E-state index in [1.165, 1.54) is 64.2 Å². The highest BCUT2D eigenvalue weighted by Crippen LogP contribution is 2.27. The van der Waals surface area contributed by atoms with Gasteiger partial charge in [-0.1, -0.05) is 119 Å². The molecule has 0 bridgehead atoms. The molecule has 0 saturated heterocycles. The van der Waals surface area contributed by atoms with Crippen LogP contribution < -0.4 is 0 Å². The van der Waals surface area contributed by atoms with Crippen molar-refractivity contribution in [3.63, 3.8) is 0 Å². The lowest BCUT2D eigenvalue weighted by Crippen LogP contribution is -2.26. The van der Waals surface area contributed by atoms with Gasteiger partial charge in [-0.25, -0.2) is 0 Å². The van der Waals surface area contributed by atoms with Crippen LogP contribution in [0.2, 0.25) is 0 Å². The summed E-state index contributed by atoms with van der Waals surface area (Å²) in [6, 6.07) is 0. The van der Waals surface area contributed by atoms with Gasteiger partial charge in [0.25, 0.3) is 0 Å². The highest BCUT2D eigenvalue weighted by molar-refractivity contribution is 5.72. The van der Waals surface area contributed by atoms with E-state index in [0.717, 1.165) is 32.1 Å². The molecule has 0 aromatic rings. The van der Waals surface area contributed by atoms with Crippen LogP contribution in [0.5, 0.6) is 0 Å². The van der Waals surface area contributed by atoms with Crippen LogP contribution in [0.3, 0.4) is 0 Å². The minimum atomic E-state index is -0.0340. The molecule has 0 radical (unpaired) electrons. The molecule has 4 heteroatoms. The molecule has 0 amide bonds. The summed E-state index contributed by atoms with van der Waals surface area (Å²) < 4.78 is 10.7. The zero-order valence-electron chi connectivity index (χ0n) is 23.7. The fraction of sp³-hybridized carbons (Fsp3) is 0.933. The van der Waals surface area contributed by atoms with Crippen LogP contribution >= 0.6 is 0 Å². The van der Waals surface area contributed by atoms with E-state index in [1.807, 2.05) is 0 Å². The maximum atomic E-state index is 12.4. The molecule has 2 unspecified atom stereocenters. The van der Waals surface area contributed by atoms with Crippen molar-refractivity contribution >= 4 is 11.9 Å². The Morgan fingerprint density at radius 3 is 1.47 bits per heavy atom. The molecular weight excluding hydrogens is 424 g/mol. The number of unbranched alkanes of at least 4 members (excludes halogenated alkanes) is 11. The first-order chi connectivity index (χ1) is 16.3. The minimum Gasteiger partial charge on any atom is -0.465 e. The van der Waals surface area contributed by atoms with E-state index in [4.69, 9.17) is 9.47 Å². The zero-order valence-corrected chi connectivity index (χ0v) is 23.7. The standard InChI is InChI=1S/C30H58O4/c1-7-27(28(8-2)30(32)34-24-26(5)6)21-19-17-15-13-11-9-10-12-14-16-18-20-22-29(31)33-23-25(3)4/h25-28H,7-24H2,1-6H3. The van der Waals surface area contributed by atoms with Crippen LogP contribution in [0.25, 0.3) is 0 Å². The monoisotopic (exact) mass is 482 g/mol. The van der Waals surface area contributed by atoms with Crippen LogP contribution in [0, 0.1) is 23.7 Å². The topological polar surface area (TPSA) is 52.6 Å². The number of hydrogen-bond donors (Lipinski definition) is 0. The largest absolute Gasteiger partial charge is 0.465 e. The third kappa shape index (κ3) is 19.3. The fourth-order valence-corrected chi connectivity index (χ4v) is 4.51. The van der Waals surface area contributed by atoms with Crippen LogP contribution in [-0.4, -0.2) is 25.2 Å². The Morgan fingerprint density at radius 1 is 0.588 bits per heavy atom. The summed E-state index contributed by atoms with van der Waals surface area (Å²) in [4.78, 5) is 24.0. The van der Waals surface area contributed by atoms with Crippen molar-refractivity contribution in [3.8, 4) is 0 Å². The molecule has 2 atom stereocenters. The maximum absolute atomic E-state index is 12.4. The highest BCUT2D eigenvalue weighted by atomic mass is 16.5. The second-order valence-corrected chi connectivity index (χ2v) is 11.1. The minimum absolute atomic E-state index is 0.0205. The normalized spacial score (nSPS) is 13.3. The van der Waals surface area contributed by atoms with Gasteiger partial charge in [-0.05, 0) is 37.0 Å². The Hall–Kier alpha value is -1.06. The molecule has 0 aromatic carbocycles. The summed E-state index contributed by atoms with van der Waals surface area (Å²) >= 11 is 0. The SMILES string of the molecule is CCC(CCCCCCCCCCCCCCC(=O)OCC(C)C)C(CC)C(=O)OCC(C)C. The Kier molecular flexibility index (Phi) is 21.7. The van der Waals surface area contributed by atoms with Crippen molar-refractivity contribution in [2.24, 2.45) is 23.7 Å². The molecule has 0 aliphatic heterocycles. The maximum Gasteiger partial charge on any atom is 0.309 e. The fourth-order valence-electron chi connectivity index (χ4n) is 4.51. The molecule has 0 aromatic heterocycles. The van der Waals surface area contributed by atoms with Gasteiger partial charge >= 0.3 is 11.9 Å². The molecule has 34 heavy (non-hydrogen) atoms. The molecule has 0 N–H and O–H groups in total. The zero-order chi connectivity index (χ0) is 25.6. The van der Waals surface area contributed by atoms with Gasteiger partial charge in [0.05, 0.1) is 19.1 Å². The van der Waals surface area contributed by atoms with Gasteiger partial charge in [0.2, 0.25) is 0 Å². The van der Waals surface area contributed by atoms with Crippen molar-refractivity contribution in [2.45, 2.75) is 144 Å². The van der Waals surface area contributed by atoms with Gasteiger partial charge in [-0.2, -0.15) is 0 Å². The van der Waals surface area contributed by atoms with Gasteiger partial charge in [0.15, 0.2) is 0 Å². The van der Waals surface area contributed by atoms with Crippen LogP contribution in [0.4, 0.5) is 0 Å². The van der Waals surface area contributed by atoms with Crippen LogP contribution in [-0.2, 0) is 19.1 Å². The van der Waals surface area contributed by atoms with E-state index in [2.05, 4.69) is 41.5 Å². The molecule has 0 heterocycles. The van der Waals surface area contributed by atoms with Crippen LogP contribution in [0.1, 0.15) is 144 Å². The number of ether oxygens (including phenoxy) is 2. The van der Waals surface area contributed by atoms with Gasteiger partial charge in [0, 0.05) is 6.42 Å². The average molecular weight is 483 g/mol. The summed E-state index contributed by atoms with van der Waals surface area (Å²) in [6.07, 6.45) is 18.8. The quantitative estimate of drug-likeness (QED) is 0.108. The average Bonchev–Trinajstić information content (AvgIpc) is 2.80. The first-order valence-electron chi connectivity index (χ1n) is 14.6. The predicted octanol–water partition coefficient (Wildman–Crippen LogP) is 8.90. The second-order valence-electron chi connectivity index (χ2n) is 11.1. The van der Waals surface area contributed by atoms with Crippen molar-refractivity contribution in [2.75, 3.05) is 13.2 Å². The summed E-state index contributed by atoms with van der Waals surface area (Å²) in [6.45, 7) is 13.7. The molecular formula is C30H58O4. The molecule has 4 nitrogen and oxygen atoms in total. The number of rotatable bonds is 23. The number of carbonyl (C=O) groups excluding carboxylic acids is 2. The van der Waals surface area contributed by atoms with Crippen LogP contribution in [0.15, 0.2) is 0 Å². The Labute approximate surface area is 212 Å². The van der Waals surface area contributed by atoms with Crippen molar-refractivity contribution in [1.82, 2.24) is 0 Å². The van der Waals surface area contributed by atoms with Gasteiger partial charge < -0.3 is 9.47 Å². The third-order valence-corrected chi connectivity index (χ3v) is 6.68. The Balaban J connectivity index is 3.61. The number of esters is 2. The van der Waals surface area contributed by atoms with E-state index in [1.54, 1.807) is 0 Å². The van der Waals surface area contributed by atoms with Crippen molar-refractivity contribution in [3.05, 3.63) is 0 Å². The predicted molar refractivity (Wildman–Crippen MR) is 144 cm³/mol. The Morgan fingerprint density at radius 2 is 1.03 bits per heavy atom. The summed E-state index contributed by atoms with van der Waals surface area (Å²) in [5.41, 5.74) is 0. The third-order valence-electron chi connectivity index (χ3n) is 6.68. The van der Waals surface area contributed by atoms with Gasteiger partial charge in [0.1, 0.15) is 0 Å². The second kappa shape index (κ2) is 22.4. The van der Waals surface area contributed by atoms with Gasteiger partial charge in [-0.15, -0.1) is 0 Å². The lowest BCUT2D eigenvalue weighted by Gasteiger charge is -2.24. The molecule has 0 rings (SSSR count). The van der Waals surface area contributed by atoms with E-state index < -0.39 is 0 Å². The molecule has 0 aliphatic carbocycles. The first-order valence-corrected chi connectivity index (χ1v) is 14.6. The number of carbonyl (C=O) groups is 2. The Bertz CT molecular complexity index is 486. The van der Waals surface area contributed by atoms with Crippen molar-refractivity contribution in [1.29, 1.82) is 0 Å². The van der Waals surface area contributed by atoms with Gasteiger partial charge in [-0.3, -0.25) is 9.59 Å². The summed E-state index contributed by atoms with van der Waals surface area (Å²) in [5.74, 6) is 1.35.